The van der Waals surface area contributed by atoms with Gasteiger partial charge in [0.2, 0.25) is 0 Å². The van der Waals surface area contributed by atoms with E-state index in [0.717, 1.165) is 26.2 Å². The molecule has 2 saturated heterocycles. The molecular formula is C10H18N2O2. The van der Waals surface area contributed by atoms with Crippen molar-refractivity contribution in [2.45, 2.75) is 12.8 Å². The van der Waals surface area contributed by atoms with E-state index in [2.05, 4.69) is 15.0 Å². The van der Waals surface area contributed by atoms with Gasteiger partial charge in [-0.25, -0.2) is 0 Å². The Morgan fingerprint density at radius 2 is 2.43 bits per heavy atom. The van der Waals surface area contributed by atoms with Crippen LogP contribution in [0.15, 0.2) is 0 Å². The Labute approximate surface area is 84.6 Å². The predicted octanol–water partition coefficient (Wildman–Crippen LogP) is -0.155. The fraction of sp³-hybridized carbons (Fsp3) is 0.900. The maximum atomic E-state index is 11.1. The summed E-state index contributed by atoms with van der Waals surface area (Å²) in [5, 5.41) is 3.40. The summed E-state index contributed by atoms with van der Waals surface area (Å²) in [5.41, 5.74) is 0.452. The molecule has 2 fully saturated rings. The smallest absolute Gasteiger partial charge is 0.319 e. The average Bonchev–Trinajstić information content (AvgIpc) is 2.78. The first-order valence-corrected chi connectivity index (χ1v) is 5.24. The molecule has 4 heteroatoms. The second kappa shape index (κ2) is 3.87. The molecule has 0 aromatic rings. The van der Waals surface area contributed by atoms with Gasteiger partial charge in [0.1, 0.15) is 0 Å². The summed E-state index contributed by atoms with van der Waals surface area (Å²) in [7, 11) is 1.45. The Bertz CT molecular complexity index is 224. The molecular weight excluding hydrogens is 180 g/mol. The third-order valence-electron chi connectivity index (χ3n) is 3.43. The number of carbonyl (C=O) groups excluding carboxylic acids is 1. The molecule has 2 aliphatic rings. The zero-order valence-corrected chi connectivity index (χ0v) is 8.71. The van der Waals surface area contributed by atoms with Crippen LogP contribution in [0.25, 0.3) is 0 Å². The van der Waals surface area contributed by atoms with Gasteiger partial charge in [0.15, 0.2) is 0 Å². The quantitative estimate of drug-likeness (QED) is 0.626. The second-order valence-corrected chi connectivity index (χ2v) is 4.46. The van der Waals surface area contributed by atoms with E-state index in [0.29, 0.717) is 12.0 Å². The van der Waals surface area contributed by atoms with Crippen molar-refractivity contribution in [2.75, 3.05) is 39.8 Å². The van der Waals surface area contributed by atoms with E-state index < -0.39 is 0 Å². The van der Waals surface area contributed by atoms with Gasteiger partial charge in [0.05, 0.1) is 13.7 Å². The average molecular weight is 198 g/mol. The summed E-state index contributed by atoms with van der Waals surface area (Å²) in [6.07, 6.45) is 2.47. The first kappa shape index (κ1) is 9.93. The van der Waals surface area contributed by atoms with Gasteiger partial charge in [-0.05, 0) is 31.3 Å². The van der Waals surface area contributed by atoms with Crippen molar-refractivity contribution >= 4 is 5.97 Å². The summed E-state index contributed by atoms with van der Waals surface area (Å²) in [6, 6.07) is 0. The molecule has 0 aromatic carbocycles. The van der Waals surface area contributed by atoms with E-state index in [4.69, 9.17) is 0 Å². The van der Waals surface area contributed by atoms with E-state index in [9.17, 15) is 4.79 Å². The maximum Gasteiger partial charge on any atom is 0.319 e. The maximum absolute atomic E-state index is 11.1. The Morgan fingerprint density at radius 1 is 1.57 bits per heavy atom. The van der Waals surface area contributed by atoms with Crippen molar-refractivity contribution in [3.05, 3.63) is 0 Å². The molecule has 80 valence electrons. The number of esters is 1. The van der Waals surface area contributed by atoms with E-state index >= 15 is 0 Å². The predicted molar refractivity (Wildman–Crippen MR) is 53.0 cm³/mol. The van der Waals surface area contributed by atoms with E-state index in [1.165, 1.54) is 20.0 Å². The second-order valence-electron chi connectivity index (χ2n) is 4.46. The Balaban J connectivity index is 1.85. The molecule has 0 aliphatic carbocycles. The Kier molecular flexibility index (Phi) is 2.74. The van der Waals surface area contributed by atoms with E-state index in [1.54, 1.807) is 0 Å². The van der Waals surface area contributed by atoms with Crippen LogP contribution in [0.2, 0.25) is 0 Å². The van der Waals surface area contributed by atoms with Crippen LogP contribution in [0, 0.1) is 5.41 Å². The highest BCUT2D eigenvalue weighted by Gasteiger charge is 2.40. The number of nitrogens with one attached hydrogen (secondary N) is 1. The normalized spacial score (nSPS) is 32.6. The zero-order valence-electron chi connectivity index (χ0n) is 8.71. The summed E-state index contributed by atoms with van der Waals surface area (Å²) >= 11 is 0. The molecule has 0 bridgehead atoms. The van der Waals surface area contributed by atoms with Crippen LogP contribution in [-0.2, 0) is 9.53 Å². The van der Waals surface area contributed by atoms with Crippen molar-refractivity contribution in [1.82, 2.24) is 10.2 Å². The molecule has 2 aliphatic heterocycles. The fourth-order valence-corrected chi connectivity index (χ4v) is 2.55. The van der Waals surface area contributed by atoms with Crippen LogP contribution in [0.5, 0.6) is 0 Å². The monoisotopic (exact) mass is 198 g/mol. The molecule has 0 saturated carbocycles. The number of hydrogen-bond acceptors (Lipinski definition) is 4. The molecule has 2 rings (SSSR count). The molecule has 1 atom stereocenters. The molecule has 1 spiro atoms. The molecule has 1 N–H and O–H groups in total. The molecule has 4 nitrogen and oxygen atoms in total. The first-order valence-electron chi connectivity index (χ1n) is 5.24. The van der Waals surface area contributed by atoms with Crippen LogP contribution in [-0.4, -0.2) is 50.7 Å². The lowest BCUT2D eigenvalue weighted by atomic mass is 9.87. The number of rotatable bonds is 2. The van der Waals surface area contributed by atoms with Crippen LogP contribution in [0.3, 0.4) is 0 Å². The van der Waals surface area contributed by atoms with Crippen molar-refractivity contribution in [3.63, 3.8) is 0 Å². The molecule has 1 unspecified atom stereocenters. The van der Waals surface area contributed by atoms with E-state index in [1.807, 2.05) is 0 Å². The highest BCUT2D eigenvalue weighted by atomic mass is 16.5. The number of ether oxygens (including phenoxy) is 1. The summed E-state index contributed by atoms with van der Waals surface area (Å²) < 4.78 is 4.67. The zero-order chi connectivity index (χ0) is 10.0. The number of likely N-dealkylation sites (tertiary alicyclic amines) is 1. The standard InChI is InChI=1S/C10H18N2O2/c1-14-9(13)6-12-5-3-10(8-12)2-4-11-7-10/h11H,2-8H2,1H3. The minimum Gasteiger partial charge on any atom is -0.468 e. The van der Waals surface area contributed by atoms with Gasteiger partial charge in [-0.3, -0.25) is 9.69 Å². The molecule has 0 amide bonds. The SMILES string of the molecule is COC(=O)CN1CCC2(CCNC2)C1. The van der Waals surface area contributed by atoms with Gasteiger partial charge in [0.25, 0.3) is 0 Å². The van der Waals surface area contributed by atoms with Gasteiger partial charge >= 0.3 is 5.97 Å². The third-order valence-corrected chi connectivity index (χ3v) is 3.43. The first-order chi connectivity index (χ1) is 6.74. The van der Waals surface area contributed by atoms with Gasteiger partial charge in [-0.2, -0.15) is 0 Å². The number of nitrogens with zero attached hydrogens (tertiary/aromatic N) is 1. The Hall–Kier alpha value is -0.610. The van der Waals surface area contributed by atoms with Crippen molar-refractivity contribution in [3.8, 4) is 0 Å². The lowest BCUT2D eigenvalue weighted by Gasteiger charge is -2.22. The van der Waals surface area contributed by atoms with Gasteiger partial charge < -0.3 is 10.1 Å². The van der Waals surface area contributed by atoms with Crippen LogP contribution < -0.4 is 5.32 Å². The minimum atomic E-state index is -0.118. The van der Waals surface area contributed by atoms with Crippen molar-refractivity contribution in [2.24, 2.45) is 5.41 Å². The van der Waals surface area contributed by atoms with Crippen molar-refractivity contribution in [1.29, 1.82) is 0 Å². The number of carbonyl (C=O) groups is 1. The largest absolute Gasteiger partial charge is 0.468 e. The highest BCUT2D eigenvalue weighted by Crippen LogP contribution is 2.35. The Morgan fingerprint density at radius 3 is 3.07 bits per heavy atom. The molecule has 14 heavy (non-hydrogen) atoms. The fourth-order valence-electron chi connectivity index (χ4n) is 2.55. The van der Waals surface area contributed by atoms with Crippen LogP contribution >= 0.6 is 0 Å². The van der Waals surface area contributed by atoms with Crippen molar-refractivity contribution < 1.29 is 9.53 Å². The highest BCUT2D eigenvalue weighted by molar-refractivity contribution is 5.71. The van der Waals surface area contributed by atoms with Crippen LogP contribution in [0.1, 0.15) is 12.8 Å². The third kappa shape index (κ3) is 1.91. The topological polar surface area (TPSA) is 41.6 Å². The number of methoxy groups -OCH3 is 1. The van der Waals surface area contributed by atoms with Gasteiger partial charge in [-0.15, -0.1) is 0 Å². The number of hydrogen-bond donors (Lipinski definition) is 1. The lowest BCUT2D eigenvalue weighted by Crippen LogP contribution is -2.32. The summed E-state index contributed by atoms with van der Waals surface area (Å²) in [5.74, 6) is -0.118. The molecule has 0 aromatic heterocycles. The minimum absolute atomic E-state index is 0.118. The van der Waals surface area contributed by atoms with Gasteiger partial charge in [0, 0.05) is 13.1 Å². The van der Waals surface area contributed by atoms with Gasteiger partial charge in [-0.1, -0.05) is 0 Å². The molecule has 0 radical (unpaired) electrons. The molecule has 2 heterocycles. The summed E-state index contributed by atoms with van der Waals surface area (Å²) in [4.78, 5) is 13.3. The lowest BCUT2D eigenvalue weighted by molar-refractivity contribution is -0.141. The van der Waals surface area contributed by atoms with Crippen LogP contribution in [0.4, 0.5) is 0 Å². The van der Waals surface area contributed by atoms with E-state index in [-0.39, 0.29) is 5.97 Å². The summed E-state index contributed by atoms with van der Waals surface area (Å²) in [6.45, 7) is 4.79.